The van der Waals surface area contributed by atoms with E-state index in [2.05, 4.69) is 21.2 Å². The SMILES string of the molecule is CC(CS(C)(=O)=O)NC(=O)c1sc2ccc(Br)cc2c1N. The third kappa shape index (κ3) is 3.96. The molecule has 1 aromatic heterocycles. The normalized spacial score (nSPS) is 13.3. The van der Waals surface area contributed by atoms with E-state index in [0.29, 0.717) is 10.6 Å². The Hall–Kier alpha value is -1.12. The Morgan fingerprint density at radius 2 is 2.14 bits per heavy atom. The van der Waals surface area contributed by atoms with E-state index < -0.39 is 15.9 Å². The molecule has 114 valence electrons. The molecule has 0 bridgehead atoms. The number of anilines is 1. The van der Waals surface area contributed by atoms with Gasteiger partial charge in [0.25, 0.3) is 5.91 Å². The molecule has 0 saturated heterocycles. The summed E-state index contributed by atoms with van der Waals surface area (Å²) in [5.41, 5.74) is 6.44. The minimum Gasteiger partial charge on any atom is -0.397 e. The number of thiophene rings is 1. The van der Waals surface area contributed by atoms with Crippen LogP contribution in [-0.4, -0.2) is 32.4 Å². The molecule has 0 aliphatic rings. The van der Waals surface area contributed by atoms with E-state index in [1.54, 1.807) is 6.92 Å². The number of carbonyl (C=O) groups is 1. The summed E-state index contributed by atoms with van der Waals surface area (Å²) in [6.45, 7) is 1.65. The molecule has 3 N–H and O–H groups in total. The summed E-state index contributed by atoms with van der Waals surface area (Å²) < 4.78 is 24.3. The fourth-order valence-electron chi connectivity index (χ4n) is 2.04. The van der Waals surface area contributed by atoms with Crippen LogP contribution >= 0.6 is 27.3 Å². The molecular formula is C13H15BrN2O3S2. The van der Waals surface area contributed by atoms with Gasteiger partial charge in [0, 0.05) is 26.9 Å². The fourth-order valence-corrected chi connectivity index (χ4v) is 4.40. The molecule has 0 aliphatic heterocycles. The largest absolute Gasteiger partial charge is 0.397 e. The number of carbonyl (C=O) groups excluding carboxylic acids is 1. The highest BCUT2D eigenvalue weighted by Crippen LogP contribution is 2.35. The van der Waals surface area contributed by atoms with Gasteiger partial charge in [0.15, 0.2) is 0 Å². The van der Waals surface area contributed by atoms with Gasteiger partial charge >= 0.3 is 0 Å². The standard InChI is InChI=1S/C13H15BrN2O3S2/c1-7(6-21(2,18)19)16-13(17)12-11(15)9-5-8(14)3-4-10(9)20-12/h3-5,7H,6,15H2,1-2H3,(H,16,17). The van der Waals surface area contributed by atoms with Crippen molar-refractivity contribution in [3.05, 3.63) is 27.5 Å². The summed E-state index contributed by atoms with van der Waals surface area (Å²) in [6, 6.07) is 5.16. The highest BCUT2D eigenvalue weighted by atomic mass is 79.9. The topological polar surface area (TPSA) is 89.3 Å². The maximum atomic E-state index is 12.2. The Kier molecular flexibility index (Phi) is 4.60. The smallest absolute Gasteiger partial charge is 0.263 e. The van der Waals surface area contributed by atoms with Gasteiger partial charge in [0.2, 0.25) is 0 Å². The second kappa shape index (κ2) is 5.94. The molecule has 0 spiro atoms. The van der Waals surface area contributed by atoms with Gasteiger partial charge in [-0.25, -0.2) is 8.42 Å². The molecule has 1 amide bonds. The Morgan fingerprint density at radius 1 is 1.48 bits per heavy atom. The average Bonchev–Trinajstić information content (AvgIpc) is 2.64. The van der Waals surface area contributed by atoms with Crippen LogP contribution in [0.3, 0.4) is 0 Å². The molecule has 0 saturated carbocycles. The van der Waals surface area contributed by atoms with Crippen molar-refractivity contribution < 1.29 is 13.2 Å². The highest BCUT2D eigenvalue weighted by Gasteiger charge is 2.19. The van der Waals surface area contributed by atoms with Gasteiger partial charge in [-0.1, -0.05) is 15.9 Å². The molecule has 8 heteroatoms. The number of benzene rings is 1. The molecule has 2 rings (SSSR count). The molecule has 1 unspecified atom stereocenters. The summed E-state index contributed by atoms with van der Waals surface area (Å²) in [6.07, 6.45) is 1.14. The van der Waals surface area contributed by atoms with Crippen LogP contribution in [0, 0.1) is 0 Å². The van der Waals surface area contributed by atoms with Crippen molar-refractivity contribution in [3.63, 3.8) is 0 Å². The maximum absolute atomic E-state index is 12.2. The highest BCUT2D eigenvalue weighted by molar-refractivity contribution is 9.10. The molecule has 1 aromatic carbocycles. The quantitative estimate of drug-likeness (QED) is 0.838. The third-order valence-electron chi connectivity index (χ3n) is 2.82. The molecule has 2 aromatic rings. The van der Waals surface area contributed by atoms with Crippen LogP contribution in [0.25, 0.3) is 10.1 Å². The molecule has 1 atom stereocenters. The molecule has 0 radical (unpaired) electrons. The molecule has 5 nitrogen and oxygen atoms in total. The predicted molar refractivity (Wildman–Crippen MR) is 90.6 cm³/mol. The monoisotopic (exact) mass is 390 g/mol. The van der Waals surface area contributed by atoms with Crippen molar-refractivity contribution in [1.29, 1.82) is 0 Å². The van der Waals surface area contributed by atoms with Gasteiger partial charge in [0.05, 0.1) is 11.4 Å². The minimum atomic E-state index is -3.14. The van der Waals surface area contributed by atoms with Crippen molar-refractivity contribution in [2.75, 3.05) is 17.7 Å². The first-order chi connectivity index (χ1) is 9.67. The Bertz CT molecular complexity index is 799. The molecule has 0 aliphatic carbocycles. The lowest BCUT2D eigenvalue weighted by atomic mass is 10.2. The predicted octanol–water partition coefficient (Wildman–Crippen LogP) is 2.41. The zero-order valence-corrected chi connectivity index (χ0v) is 14.7. The number of nitrogen functional groups attached to an aromatic ring is 1. The van der Waals surface area contributed by atoms with Gasteiger partial charge in [-0.05, 0) is 25.1 Å². The number of sulfone groups is 1. The van der Waals surface area contributed by atoms with Crippen molar-refractivity contribution >= 4 is 58.8 Å². The van der Waals surface area contributed by atoms with E-state index in [1.165, 1.54) is 11.3 Å². The molecule has 1 heterocycles. The van der Waals surface area contributed by atoms with E-state index in [1.807, 2.05) is 18.2 Å². The van der Waals surface area contributed by atoms with E-state index in [9.17, 15) is 13.2 Å². The fraction of sp³-hybridized carbons (Fsp3) is 0.308. The van der Waals surface area contributed by atoms with E-state index in [-0.39, 0.29) is 11.7 Å². The lowest BCUT2D eigenvalue weighted by Gasteiger charge is -2.12. The van der Waals surface area contributed by atoms with Crippen LogP contribution in [0.2, 0.25) is 0 Å². The first-order valence-electron chi connectivity index (χ1n) is 6.13. The van der Waals surface area contributed by atoms with Crippen molar-refractivity contribution in [3.8, 4) is 0 Å². The van der Waals surface area contributed by atoms with Crippen LogP contribution in [-0.2, 0) is 9.84 Å². The van der Waals surface area contributed by atoms with Crippen molar-refractivity contribution in [1.82, 2.24) is 5.32 Å². The number of hydrogen-bond donors (Lipinski definition) is 2. The van der Waals surface area contributed by atoms with Gasteiger partial charge in [0.1, 0.15) is 14.7 Å². The Balaban J connectivity index is 2.26. The molecule has 21 heavy (non-hydrogen) atoms. The van der Waals surface area contributed by atoms with Crippen LogP contribution in [0.15, 0.2) is 22.7 Å². The average molecular weight is 391 g/mol. The second-order valence-electron chi connectivity index (χ2n) is 4.95. The van der Waals surface area contributed by atoms with E-state index >= 15 is 0 Å². The van der Waals surface area contributed by atoms with Gasteiger partial charge < -0.3 is 11.1 Å². The van der Waals surface area contributed by atoms with Crippen molar-refractivity contribution in [2.45, 2.75) is 13.0 Å². The number of hydrogen-bond acceptors (Lipinski definition) is 5. The zero-order chi connectivity index (χ0) is 15.8. The lowest BCUT2D eigenvalue weighted by Crippen LogP contribution is -2.37. The summed E-state index contributed by atoms with van der Waals surface area (Å²) >= 11 is 4.66. The van der Waals surface area contributed by atoms with E-state index in [0.717, 1.165) is 20.8 Å². The van der Waals surface area contributed by atoms with Gasteiger partial charge in [-0.15, -0.1) is 11.3 Å². The first kappa shape index (κ1) is 16.3. The summed E-state index contributed by atoms with van der Waals surface area (Å²) in [5.74, 6) is -0.448. The van der Waals surface area contributed by atoms with E-state index in [4.69, 9.17) is 5.73 Å². The molecular weight excluding hydrogens is 376 g/mol. The number of halogens is 1. The number of nitrogens with one attached hydrogen (secondary N) is 1. The summed E-state index contributed by atoms with van der Waals surface area (Å²) in [4.78, 5) is 12.6. The van der Waals surface area contributed by atoms with Gasteiger partial charge in [-0.2, -0.15) is 0 Å². The molecule has 0 fully saturated rings. The number of fused-ring (bicyclic) bond motifs is 1. The summed E-state index contributed by atoms with van der Waals surface area (Å²) in [7, 11) is -3.14. The third-order valence-corrected chi connectivity index (χ3v) is 5.61. The lowest BCUT2D eigenvalue weighted by molar-refractivity contribution is 0.0948. The summed E-state index contributed by atoms with van der Waals surface area (Å²) in [5, 5.41) is 3.48. The van der Waals surface area contributed by atoms with Crippen LogP contribution in [0.5, 0.6) is 0 Å². The number of rotatable bonds is 4. The second-order valence-corrected chi connectivity index (χ2v) is 9.10. The first-order valence-corrected chi connectivity index (χ1v) is 9.80. The maximum Gasteiger partial charge on any atom is 0.263 e. The van der Waals surface area contributed by atoms with Crippen LogP contribution < -0.4 is 11.1 Å². The van der Waals surface area contributed by atoms with Crippen LogP contribution in [0.1, 0.15) is 16.6 Å². The Labute approximate surface area is 135 Å². The number of amides is 1. The Morgan fingerprint density at radius 3 is 2.76 bits per heavy atom. The number of nitrogens with two attached hydrogens (primary N) is 1. The van der Waals surface area contributed by atoms with Crippen LogP contribution in [0.4, 0.5) is 5.69 Å². The van der Waals surface area contributed by atoms with Gasteiger partial charge in [-0.3, -0.25) is 4.79 Å². The minimum absolute atomic E-state index is 0.102. The zero-order valence-electron chi connectivity index (χ0n) is 11.5. The van der Waals surface area contributed by atoms with Crippen molar-refractivity contribution in [2.24, 2.45) is 0 Å².